The molecule has 0 aliphatic heterocycles. The van der Waals surface area contributed by atoms with Gasteiger partial charge in [0, 0.05) is 23.0 Å². The summed E-state index contributed by atoms with van der Waals surface area (Å²) in [4.78, 5) is 0. The summed E-state index contributed by atoms with van der Waals surface area (Å²) in [5, 5.41) is 17.1. The SMILES string of the molecule is OCCSSCCCCCCSSCCO. The van der Waals surface area contributed by atoms with Crippen molar-refractivity contribution in [3.05, 3.63) is 0 Å². The molecular weight excluding hydrogens is 280 g/mol. The van der Waals surface area contributed by atoms with E-state index in [1.54, 1.807) is 21.6 Å². The molecule has 0 spiro atoms. The summed E-state index contributed by atoms with van der Waals surface area (Å²) in [5.41, 5.74) is 0. The monoisotopic (exact) mass is 302 g/mol. The summed E-state index contributed by atoms with van der Waals surface area (Å²) in [6.45, 7) is 0.584. The minimum Gasteiger partial charge on any atom is -0.395 e. The van der Waals surface area contributed by atoms with Crippen LogP contribution in [0.15, 0.2) is 0 Å². The Balaban J connectivity index is 2.83. The van der Waals surface area contributed by atoms with E-state index in [9.17, 15) is 0 Å². The van der Waals surface area contributed by atoms with E-state index in [1.165, 1.54) is 37.2 Å². The van der Waals surface area contributed by atoms with E-state index in [0.717, 1.165) is 11.5 Å². The van der Waals surface area contributed by atoms with Crippen LogP contribution in [0.2, 0.25) is 0 Å². The van der Waals surface area contributed by atoms with Gasteiger partial charge in [-0.1, -0.05) is 56.0 Å². The summed E-state index contributed by atoms with van der Waals surface area (Å²) < 4.78 is 0. The second-order valence-electron chi connectivity index (χ2n) is 3.15. The molecule has 0 fully saturated rings. The van der Waals surface area contributed by atoms with Crippen molar-refractivity contribution in [3.8, 4) is 0 Å². The number of hydrogen-bond donors (Lipinski definition) is 2. The van der Waals surface area contributed by atoms with E-state index in [2.05, 4.69) is 0 Å². The lowest BCUT2D eigenvalue weighted by molar-refractivity contribution is 0.322. The van der Waals surface area contributed by atoms with Crippen molar-refractivity contribution in [2.45, 2.75) is 25.7 Å². The molecule has 98 valence electrons. The van der Waals surface area contributed by atoms with Crippen LogP contribution in [-0.2, 0) is 0 Å². The fraction of sp³-hybridized carbons (Fsp3) is 1.00. The van der Waals surface area contributed by atoms with Crippen LogP contribution in [0.1, 0.15) is 25.7 Å². The van der Waals surface area contributed by atoms with Crippen LogP contribution in [0.5, 0.6) is 0 Å². The van der Waals surface area contributed by atoms with E-state index < -0.39 is 0 Å². The first-order chi connectivity index (χ1) is 7.91. The van der Waals surface area contributed by atoms with Crippen molar-refractivity contribution >= 4 is 43.2 Å². The Morgan fingerprint density at radius 3 is 1.25 bits per heavy atom. The second-order valence-corrected chi connectivity index (χ2v) is 8.55. The lowest BCUT2D eigenvalue weighted by Crippen LogP contribution is -1.86. The zero-order valence-electron chi connectivity index (χ0n) is 9.60. The summed E-state index contributed by atoms with van der Waals surface area (Å²) in [6, 6.07) is 0. The van der Waals surface area contributed by atoms with Crippen LogP contribution in [0.3, 0.4) is 0 Å². The Hall–Kier alpha value is 1.32. The molecule has 0 aromatic rings. The van der Waals surface area contributed by atoms with Gasteiger partial charge in [0.15, 0.2) is 0 Å². The van der Waals surface area contributed by atoms with Gasteiger partial charge >= 0.3 is 0 Å². The number of aliphatic hydroxyl groups is 2. The maximum absolute atomic E-state index is 8.57. The fourth-order valence-electron chi connectivity index (χ4n) is 0.986. The highest BCUT2D eigenvalue weighted by atomic mass is 33.1. The Kier molecular flexibility index (Phi) is 17.7. The molecule has 0 amide bonds. The van der Waals surface area contributed by atoms with Crippen molar-refractivity contribution in [2.24, 2.45) is 0 Å². The topological polar surface area (TPSA) is 40.5 Å². The zero-order valence-corrected chi connectivity index (χ0v) is 12.9. The Morgan fingerprint density at radius 2 is 0.875 bits per heavy atom. The zero-order chi connectivity index (χ0) is 11.9. The molecule has 0 heterocycles. The predicted molar refractivity (Wildman–Crippen MR) is 82.5 cm³/mol. The van der Waals surface area contributed by atoms with Crippen LogP contribution >= 0.6 is 43.2 Å². The van der Waals surface area contributed by atoms with Gasteiger partial charge in [0.1, 0.15) is 0 Å². The van der Waals surface area contributed by atoms with Crippen LogP contribution in [0.25, 0.3) is 0 Å². The quantitative estimate of drug-likeness (QED) is 0.402. The Bertz CT molecular complexity index is 113. The smallest absolute Gasteiger partial charge is 0.0530 e. The van der Waals surface area contributed by atoms with Gasteiger partial charge in [-0.05, 0) is 12.8 Å². The highest BCUT2D eigenvalue weighted by Crippen LogP contribution is 2.24. The molecule has 2 N–H and O–H groups in total. The molecule has 0 aliphatic carbocycles. The molecule has 0 saturated heterocycles. The number of unbranched alkanes of at least 4 members (excludes halogenated alkanes) is 3. The molecule has 0 radical (unpaired) electrons. The normalized spacial score (nSPS) is 10.9. The molecular formula is C10H22O2S4. The lowest BCUT2D eigenvalue weighted by Gasteiger charge is -2.01. The average Bonchev–Trinajstić information content (AvgIpc) is 2.31. The van der Waals surface area contributed by atoms with Crippen molar-refractivity contribution in [1.82, 2.24) is 0 Å². The van der Waals surface area contributed by atoms with Gasteiger partial charge in [-0.2, -0.15) is 0 Å². The molecule has 0 aromatic carbocycles. The molecule has 6 heteroatoms. The second kappa shape index (κ2) is 16.3. The highest BCUT2D eigenvalue weighted by molar-refractivity contribution is 8.77. The largest absolute Gasteiger partial charge is 0.395 e. The van der Waals surface area contributed by atoms with Gasteiger partial charge in [0.2, 0.25) is 0 Å². The maximum Gasteiger partial charge on any atom is 0.0530 e. The molecule has 0 unspecified atom stereocenters. The van der Waals surface area contributed by atoms with E-state index in [-0.39, 0.29) is 0 Å². The molecule has 0 saturated carbocycles. The first kappa shape index (κ1) is 17.3. The Labute approximate surface area is 115 Å². The minimum absolute atomic E-state index is 0.292. The molecule has 0 bridgehead atoms. The van der Waals surface area contributed by atoms with E-state index >= 15 is 0 Å². The molecule has 0 rings (SSSR count). The molecule has 0 atom stereocenters. The van der Waals surface area contributed by atoms with E-state index in [4.69, 9.17) is 10.2 Å². The fourth-order valence-corrected chi connectivity index (χ4v) is 4.82. The van der Waals surface area contributed by atoms with E-state index in [1.807, 2.05) is 21.6 Å². The van der Waals surface area contributed by atoms with Crippen LogP contribution in [0.4, 0.5) is 0 Å². The van der Waals surface area contributed by atoms with Gasteiger partial charge in [-0.25, -0.2) is 0 Å². The van der Waals surface area contributed by atoms with Gasteiger partial charge in [0.25, 0.3) is 0 Å². The standard InChI is InChI=1S/C10H22O2S4/c11-5-9-15-13-7-3-1-2-4-8-14-16-10-6-12/h11-12H,1-10H2. The van der Waals surface area contributed by atoms with Crippen molar-refractivity contribution in [1.29, 1.82) is 0 Å². The minimum atomic E-state index is 0.292. The number of aliphatic hydroxyl groups excluding tert-OH is 2. The molecule has 2 nitrogen and oxygen atoms in total. The van der Waals surface area contributed by atoms with E-state index in [0.29, 0.717) is 13.2 Å². The van der Waals surface area contributed by atoms with Crippen molar-refractivity contribution in [2.75, 3.05) is 36.2 Å². The third kappa shape index (κ3) is 15.3. The average molecular weight is 303 g/mol. The van der Waals surface area contributed by atoms with Crippen molar-refractivity contribution < 1.29 is 10.2 Å². The summed E-state index contributed by atoms with van der Waals surface area (Å²) >= 11 is 0. The van der Waals surface area contributed by atoms with Crippen molar-refractivity contribution in [3.63, 3.8) is 0 Å². The maximum atomic E-state index is 8.57. The predicted octanol–water partition coefficient (Wildman–Crippen LogP) is 3.29. The summed E-state index contributed by atoms with van der Waals surface area (Å²) in [6.07, 6.45) is 5.21. The highest BCUT2D eigenvalue weighted by Gasteiger charge is 1.93. The number of hydrogen-bond acceptors (Lipinski definition) is 6. The van der Waals surface area contributed by atoms with Gasteiger partial charge in [0.05, 0.1) is 13.2 Å². The first-order valence-electron chi connectivity index (χ1n) is 5.62. The number of rotatable bonds is 13. The molecule has 0 aliphatic rings. The Morgan fingerprint density at radius 1 is 0.500 bits per heavy atom. The third-order valence-corrected chi connectivity index (χ3v) is 6.66. The molecule has 0 aromatic heterocycles. The van der Waals surface area contributed by atoms with Gasteiger partial charge < -0.3 is 10.2 Å². The van der Waals surface area contributed by atoms with Gasteiger partial charge in [-0.3, -0.25) is 0 Å². The van der Waals surface area contributed by atoms with Crippen LogP contribution in [0, 0.1) is 0 Å². The van der Waals surface area contributed by atoms with Gasteiger partial charge in [-0.15, -0.1) is 0 Å². The summed E-state index contributed by atoms with van der Waals surface area (Å²) in [5.74, 6) is 4.11. The van der Waals surface area contributed by atoms with Crippen LogP contribution < -0.4 is 0 Å². The lowest BCUT2D eigenvalue weighted by atomic mass is 10.2. The third-order valence-electron chi connectivity index (χ3n) is 1.72. The summed E-state index contributed by atoms with van der Waals surface area (Å²) in [7, 11) is 7.28. The first-order valence-corrected chi connectivity index (χ1v) is 10.6. The molecule has 16 heavy (non-hydrogen) atoms. The van der Waals surface area contributed by atoms with Crippen LogP contribution in [-0.4, -0.2) is 46.4 Å².